The summed E-state index contributed by atoms with van der Waals surface area (Å²) in [7, 11) is 1.48. The van der Waals surface area contributed by atoms with E-state index in [4.69, 9.17) is 0 Å². The van der Waals surface area contributed by atoms with Crippen molar-refractivity contribution in [2.75, 3.05) is 7.05 Å². The van der Waals surface area contributed by atoms with E-state index in [1.54, 1.807) is 17.7 Å². The number of benzene rings is 1. The van der Waals surface area contributed by atoms with Crippen LogP contribution in [-0.2, 0) is 6.18 Å². The Morgan fingerprint density at radius 2 is 1.94 bits per heavy atom. The van der Waals surface area contributed by atoms with Gasteiger partial charge in [-0.05, 0) is 66.7 Å². The Balaban J connectivity index is 2.27. The van der Waals surface area contributed by atoms with Crippen molar-refractivity contribution < 1.29 is 18.3 Å². The minimum absolute atomic E-state index is 0.0319. The molecule has 0 aliphatic rings. The highest BCUT2D eigenvalue weighted by Crippen LogP contribution is 2.33. The van der Waals surface area contributed by atoms with E-state index in [9.17, 15) is 23.1 Å². The highest BCUT2D eigenvalue weighted by Gasteiger charge is 2.31. The molecule has 0 radical (unpaired) electrons. The average Bonchev–Trinajstić information content (AvgIpc) is 2.73. The Kier molecular flexibility index (Phi) is 6.68. The second kappa shape index (κ2) is 8.94. The SMILES string of the molecule is CNC(O)c1cn(C(C)c2ccc(Br)cn2)c(C)c(-c2cccc(C(F)(F)F)c2)c1=O. The van der Waals surface area contributed by atoms with Crippen molar-refractivity contribution in [1.29, 1.82) is 0 Å². The Labute approximate surface area is 185 Å². The van der Waals surface area contributed by atoms with Crippen LogP contribution in [0.15, 0.2) is 58.1 Å². The minimum Gasteiger partial charge on any atom is -0.374 e. The molecule has 3 rings (SSSR count). The monoisotopic (exact) mass is 495 g/mol. The lowest BCUT2D eigenvalue weighted by Crippen LogP contribution is -2.28. The third-order valence-corrected chi connectivity index (χ3v) is 5.63. The number of aromatic nitrogens is 2. The maximum Gasteiger partial charge on any atom is 0.416 e. The largest absolute Gasteiger partial charge is 0.416 e. The van der Waals surface area contributed by atoms with Gasteiger partial charge in [0, 0.05) is 28.1 Å². The molecule has 0 amide bonds. The molecule has 0 aliphatic heterocycles. The molecule has 2 heterocycles. The van der Waals surface area contributed by atoms with Crippen LogP contribution in [0.1, 0.15) is 41.7 Å². The number of hydrogen-bond acceptors (Lipinski definition) is 4. The van der Waals surface area contributed by atoms with E-state index in [0.717, 1.165) is 16.6 Å². The zero-order valence-corrected chi connectivity index (χ0v) is 18.6. The van der Waals surface area contributed by atoms with E-state index in [-0.39, 0.29) is 22.7 Å². The molecule has 0 bridgehead atoms. The second-order valence-corrected chi connectivity index (χ2v) is 8.04. The Morgan fingerprint density at radius 1 is 1.23 bits per heavy atom. The van der Waals surface area contributed by atoms with Gasteiger partial charge >= 0.3 is 6.18 Å². The summed E-state index contributed by atoms with van der Waals surface area (Å²) in [5.74, 6) is 0. The number of nitrogens with zero attached hydrogens (tertiary/aromatic N) is 2. The molecule has 0 saturated heterocycles. The van der Waals surface area contributed by atoms with Crippen LogP contribution < -0.4 is 10.7 Å². The van der Waals surface area contributed by atoms with Gasteiger partial charge < -0.3 is 9.67 Å². The summed E-state index contributed by atoms with van der Waals surface area (Å²) < 4.78 is 42.3. The minimum atomic E-state index is -4.54. The van der Waals surface area contributed by atoms with Gasteiger partial charge in [0.1, 0.15) is 6.23 Å². The van der Waals surface area contributed by atoms with Gasteiger partial charge in [-0.1, -0.05) is 12.1 Å². The maximum atomic E-state index is 13.3. The van der Waals surface area contributed by atoms with Gasteiger partial charge in [0.25, 0.3) is 0 Å². The molecule has 0 fully saturated rings. The average molecular weight is 496 g/mol. The normalized spacial score (nSPS) is 13.8. The van der Waals surface area contributed by atoms with Gasteiger partial charge in [-0.25, -0.2) is 0 Å². The first kappa shape index (κ1) is 23.2. The standard InChI is InChI=1S/C22H21BrF3N3O2/c1-12(18-8-7-16(23)10-28-18)29-11-17(21(31)27-3)20(30)19(13(29)2)14-5-4-6-15(9-14)22(24,25)26/h4-12,21,27,31H,1-3H3. The van der Waals surface area contributed by atoms with Crippen molar-refractivity contribution in [3.63, 3.8) is 0 Å². The molecule has 0 saturated carbocycles. The molecule has 9 heteroatoms. The molecule has 2 N–H and O–H groups in total. The van der Waals surface area contributed by atoms with E-state index in [1.165, 1.54) is 25.4 Å². The molecule has 5 nitrogen and oxygen atoms in total. The summed E-state index contributed by atoms with van der Waals surface area (Å²) in [5, 5.41) is 13.0. The van der Waals surface area contributed by atoms with Gasteiger partial charge in [0.15, 0.2) is 5.43 Å². The Bertz CT molecular complexity index is 1140. The van der Waals surface area contributed by atoms with Crippen LogP contribution in [0.25, 0.3) is 11.1 Å². The molecule has 0 aliphatic carbocycles. The molecule has 3 aromatic rings. The van der Waals surface area contributed by atoms with E-state index in [0.29, 0.717) is 11.4 Å². The molecule has 31 heavy (non-hydrogen) atoms. The number of aliphatic hydroxyl groups excluding tert-OH is 1. The lowest BCUT2D eigenvalue weighted by atomic mass is 9.98. The predicted octanol–water partition coefficient (Wildman–Crippen LogP) is 4.82. The number of pyridine rings is 2. The van der Waals surface area contributed by atoms with Crippen LogP contribution in [0, 0.1) is 6.92 Å². The van der Waals surface area contributed by atoms with Crippen molar-refractivity contribution in [3.8, 4) is 11.1 Å². The summed E-state index contributed by atoms with van der Waals surface area (Å²) in [5.41, 5.74) is 0.0328. The topological polar surface area (TPSA) is 67.2 Å². The number of rotatable bonds is 5. The van der Waals surface area contributed by atoms with E-state index >= 15 is 0 Å². The number of hydrogen-bond donors (Lipinski definition) is 2. The summed E-state index contributed by atoms with van der Waals surface area (Å²) in [6.45, 7) is 3.53. The van der Waals surface area contributed by atoms with Crippen molar-refractivity contribution >= 4 is 15.9 Å². The first-order valence-corrected chi connectivity index (χ1v) is 10.2. The second-order valence-electron chi connectivity index (χ2n) is 7.13. The van der Waals surface area contributed by atoms with Gasteiger partial charge in [0.2, 0.25) is 0 Å². The molecule has 2 atom stereocenters. The van der Waals surface area contributed by atoms with Crippen LogP contribution in [0.2, 0.25) is 0 Å². The van der Waals surface area contributed by atoms with Crippen molar-refractivity contribution in [1.82, 2.24) is 14.9 Å². The quantitative estimate of drug-likeness (QED) is 0.498. The third-order valence-electron chi connectivity index (χ3n) is 5.16. The molecule has 2 aromatic heterocycles. The van der Waals surface area contributed by atoms with Crippen LogP contribution in [-0.4, -0.2) is 21.7 Å². The van der Waals surface area contributed by atoms with E-state index < -0.39 is 23.4 Å². The highest BCUT2D eigenvalue weighted by molar-refractivity contribution is 9.10. The van der Waals surface area contributed by atoms with Gasteiger partial charge in [-0.15, -0.1) is 0 Å². The number of nitrogens with one attached hydrogen (secondary N) is 1. The number of halogens is 4. The molecule has 164 valence electrons. The lowest BCUT2D eigenvalue weighted by Gasteiger charge is -2.24. The summed E-state index contributed by atoms with van der Waals surface area (Å²) in [6.07, 6.45) is -2.67. The fourth-order valence-electron chi connectivity index (χ4n) is 3.46. The van der Waals surface area contributed by atoms with Gasteiger partial charge in [0.05, 0.1) is 22.9 Å². The molecular formula is C22H21BrF3N3O2. The maximum absolute atomic E-state index is 13.3. The van der Waals surface area contributed by atoms with E-state index in [2.05, 4.69) is 26.2 Å². The first-order chi connectivity index (χ1) is 14.5. The fraction of sp³-hybridized carbons (Fsp3) is 0.273. The van der Waals surface area contributed by atoms with Crippen molar-refractivity contribution in [3.05, 3.63) is 86.0 Å². The van der Waals surface area contributed by atoms with Crippen molar-refractivity contribution in [2.45, 2.75) is 32.3 Å². The van der Waals surface area contributed by atoms with Gasteiger partial charge in [-0.2, -0.15) is 13.2 Å². The first-order valence-electron chi connectivity index (χ1n) is 9.44. The van der Waals surface area contributed by atoms with Crippen molar-refractivity contribution in [2.24, 2.45) is 0 Å². The molecule has 2 unspecified atom stereocenters. The predicted molar refractivity (Wildman–Crippen MR) is 116 cm³/mol. The Hall–Kier alpha value is -2.49. The third kappa shape index (κ3) is 4.73. The zero-order valence-electron chi connectivity index (χ0n) is 17.0. The summed E-state index contributed by atoms with van der Waals surface area (Å²) >= 11 is 3.34. The Morgan fingerprint density at radius 3 is 2.52 bits per heavy atom. The molecule has 1 aromatic carbocycles. The highest BCUT2D eigenvalue weighted by atomic mass is 79.9. The van der Waals surface area contributed by atoms with Crippen LogP contribution >= 0.6 is 15.9 Å². The van der Waals surface area contributed by atoms with E-state index in [1.807, 2.05) is 19.1 Å². The fourth-order valence-corrected chi connectivity index (χ4v) is 3.70. The molecular weight excluding hydrogens is 475 g/mol. The van der Waals surface area contributed by atoms with Gasteiger partial charge in [-0.3, -0.25) is 15.1 Å². The zero-order chi connectivity index (χ0) is 22.9. The van der Waals surface area contributed by atoms with Crippen LogP contribution in [0.4, 0.5) is 13.2 Å². The lowest BCUT2D eigenvalue weighted by molar-refractivity contribution is -0.137. The van der Waals surface area contributed by atoms with Crippen LogP contribution in [0.5, 0.6) is 0 Å². The smallest absolute Gasteiger partial charge is 0.374 e. The summed E-state index contributed by atoms with van der Waals surface area (Å²) in [4.78, 5) is 17.6. The number of aliphatic hydroxyl groups is 1. The number of alkyl halides is 3. The molecule has 0 spiro atoms. The van der Waals surface area contributed by atoms with Crippen LogP contribution in [0.3, 0.4) is 0 Å². The summed E-state index contributed by atoms with van der Waals surface area (Å²) in [6, 6.07) is 7.92.